The van der Waals surface area contributed by atoms with E-state index in [4.69, 9.17) is 0 Å². The van der Waals surface area contributed by atoms with E-state index >= 15 is 0 Å². The van der Waals surface area contributed by atoms with Gasteiger partial charge in [-0.15, -0.1) is 0 Å². The zero-order valence-corrected chi connectivity index (χ0v) is 16.0. The topological polar surface area (TPSA) is 38.9 Å². The summed E-state index contributed by atoms with van der Waals surface area (Å²) < 4.78 is 4.41. The molecule has 0 atom stereocenters. The number of nitrogens with zero attached hydrogens (tertiary/aromatic N) is 5. The first kappa shape index (κ1) is 18.7. The number of hydrogen-bond donors (Lipinski definition) is 0. The summed E-state index contributed by atoms with van der Waals surface area (Å²) in [6.07, 6.45) is 9.87. The molecule has 0 bridgehead atoms. The molecule has 0 saturated carbocycles. The van der Waals surface area contributed by atoms with Crippen molar-refractivity contribution < 1.29 is 0 Å². The van der Waals surface area contributed by atoms with Crippen LogP contribution in [0.4, 0.5) is 0 Å². The van der Waals surface area contributed by atoms with E-state index in [9.17, 15) is 0 Å². The molecular formula is C19H33N5. The van der Waals surface area contributed by atoms with Crippen molar-refractivity contribution in [2.75, 3.05) is 19.6 Å². The van der Waals surface area contributed by atoms with Crippen molar-refractivity contribution in [3.8, 4) is 0 Å². The van der Waals surface area contributed by atoms with Gasteiger partial charge in [0, 0.05) is 37.9 Å². The van der Waals surface area contributed by atoms with Gasteiger partial charge in [0.2, 0.25) is 0 Å². The van der Waals surface area contributed by atoms with Crippen LogP contribution >= 0.6 is 0 Å². The molecule has 24 heavy (non-hydrogen) atoms. The first-order chi connectivity index (χ1) is 11.5. The third-order valence-electron chi connectivity index (χ3n) is 4.99. The van der Waals surface area contributed by atoms with Crippen molar-refractivity contribution in [2.45, 2.75) is 52.9 Å². The highest BCUT2D eigenvalue weighted by atomic mass is 15.1. The molecule has 2 heterocycles. The van der Waals surface area contributed by atoms with E-state index in [1.54, 1.807) is 0 Å². The average molecular weight is 332 g/mol. The number of aromatic nitrogens is 4. The van der Waals surface area contributed by atoms with E-state index in [0.717, 1.165) is 24.5 Å². The summed E-state index contributed by atoms with van der Waals surface area (Å²) in [7, 11) is 4.22. The van der Waals surface area contributed by atoms with Crippen LogP contribution in [0.5, 0.6) is 0 Å². The van der Waals surface area contributed by atoms with Gasteiger partial charge in [-0.05, 0) is 65.6 Å². The first-order valence-corrected chi connectivity index (χ1v) is 9.19. The second-order valence-corrected chi connectivity index (χ2v) is 6.76. The Morgan fingerprint density at radius 1 is 0.833 bits per heavy atom. The average Bonchev–Trinajstić information content (AvgIpc) is 3.05. The molecule has 0 fully saturated rings. The van der Waals surface area contributed by atoms with Crippen molar-refractivity contribution in [3.63, 3.8) is 0 Å². The third-order valence-corrected chi connectivity index (χ3v) is 4.99. The maximum atomic E-state index is 4.38. The molecule has 0 N–H and O–H groups in total. The SMILES string of the molecule is CCCN(CCCc1cnc(C)n1C)CCCc1cnc(C)n1C. The second-order valence-electron chi connectivity index (χ2n) is 6.76. The molecule has 2 rings (SSSR count). The highest BCUT2D eigenvalue weighted by Gasteiger charge is 2.08. The molecule has 0 radical (unpaired) electrons. The molecule has 0 unspecified atom stereocenters. The summed E-state index contributed by atoms with van der Waals surface area (Å²) in [5.41, 5.74) is 2.68. The van der Waals surface area contributed by atoms with Crippen LogP contribution < -0.4 is 0 Å². The van der Waals surface area contributed by atoms with Crippen molar-refractivity contribution in [3.05, 3.63) is 35.4 Å². The summed E-state index contributed by atoms with van der Waals surface area (Å²) in [4.78, 5) is 11.4. The van der Waals surface area contributed by atoms with Gasteiger partial charge in [0.25, 0.3) is 0 Å². The number of rotatable bonds is 10. The Bertz CT molecular complexity index is 573. The summed E-state index contributed by atoms with van der Waals surface area (Å²) >= 11 is 0. The lowest BCUT2D eigenvalue weighted by Gasteiger charge is -2.21. The minimum atomic E-state index is 1.10. The molecule has 0 aromatic carbocycles. The van der Waals surface area contributed by atoms with Gasteiger partial charge in [-0.3, -0.25) is 0 Å². The van der Waals surface area contributed by atoms with Crippen molar-refractivity contribution >= 4 is 0 Å². The predicted octanol–water partition coefficient (Wildman–Crippen LogP) is 3.05. The molecule has 0 aliphatic rings. The molecule has 134 valence electrons. The zero-order chi connectivity index (χ0) is 17.5. The Balaban J connectivity index is 1.75. The van der Waals surface area contributed by atoms with Gasteiger partial charge in [-0.2, -0.15) is 0 Å². The first-order valence-electron chi connectivity index (χ1n) is 9.19. The van der Waals surface area contributed by atoms with Crippen LogP contribution in [-0.2, 0) is 26.9 Å². The van der Waals surface area contributed by atoms with Crippen LogP contribution in [0, 0.1) is 13.8 Å². The summed E-state index contributed by atoms with van der Waals surface area (Å²) in [6.45, 7) is 9.92. The van der Waals surface area contributed by atoms with Gasteiger partial charge in [0.05, 0.1) is 0 Å². The lowest BCUT2D eigenvalue weighted by molar-refractivity contribution is 0.266. The molecule has 5 nitrogen and oxygen atoms in total. The smallest absolute Gasteiger partial charge is 0.105 e. The molecule has 5 heteroatoms. The number of imidazole rings is 2. The minimum Gasteiger partial charge on any atom is -0.335 e. The molecule has 0 aliphatic carbocycles. The van der Waals surface area contributed by atoms with Crippen LogP contribution in [-0.4, -0.2) is 43.6 Å². The second kappa shape index (κ2) is 9.02. The van der Waals surface area contributed by atoms with Crippen molar-refractivity contribution in [2.24, 2.45) is 14.1 Å². The highest BCUT2D eigenvalue weighted by molar-refractivity contribution is 5.04. The van der Waals surface area contributed by atoms with Crippen LogP contribution in [0.15, 0.2) is 12.4 Å². The molecular weight excluding hydrogens is 298 g/mol. The zero-order valence-electron chi connectivity index (χ0n) is 16.0. The maximum Gasteiger partial charge on any atom is 0.105 e. The number of hydrogen-bond acceptors (Lipinski definition) is 3. The summed E-state index contributed by atoms with van der Waals surface area (Å²) in [5.74, 6) is 2.20. The molecule has 0 amide bonds. The van der Waals surface area contributed by atoms with Gasteiger partial charge in [0.1, 0.15) is 11.6 Å². The fraction of sp³-hybridized carbons (Fsp3) is 0.684. The Labute approximate surface area is 146 Å². The highest BCUT2D eigenvalue weighted by Crippen LogP contribution is 2.08. The van der Waals surface area contributed by atoms with Crippen molar-refractivity contribution in [1.82, 2.24) is 24.0 Å². The third kappa shape index (κ3) is 4.94. The quantitative estimate of drug-likeness (QED) is 0.672. The monoisotopic (exact) mass is 331 g/mol. The minimum absolute atomic E-state index is 1.10. The largest absolute Gasteiger partial charge is 0.335 e. The Hall–Kier alpha value is -1.62. The number of aryl methyl sites for hydroxylation is 4. The van der Waals surface area contributed by atoms with Crippen LogP contribution in [0.2, 0.25) is 0 Å². The van der Waals surface area contributed by atoms with Crippen LogP contribution in [0.3, 0.4) is 0 Å². The van der Waals surface area contributed by atoms with Crippen molar-refractivity contribution in [1.29, 1.82) is 0 Å². The van der Waals surface area contributed by atoms with Crippen LogP contribution in [0.1, 0.15) is 49.2 Å². The van der Waals surface area contributed by atoms with E-state index in [1.165, 1.54) is 50.3 Å². The van der Waals surface area contributed by atoms with Gasteiger partial charge in [-0.1, -0.05) is 6.92 Å². The lowest BCUT2D eigenvalue weighted by Crippen LogP contribution is -2.27. The summed E-state index contributed by atoms with van der Waals surface area (Å²) in [6, 6.07) is 0. The Kier molecular flexibility index (Phi) is 7.03. The Morgan fingerprint density at radius 3 is 1.62 bits per heavy atom. The molecule has 0 saturated heterocycles. The molecule has 0 aliphatic heterocycles. The molecule has 0 spiro atoms. The van der Waals surface area contributed by atoms with Gasteiger partial charge in [-0.25, -0.2) is 9.97 Å². The fourth-order valence-corrected chi connectivity index (χ4v) is 3.18. The lowest BCUT2D eigenvalue weighted by atomic mass is 10.2. The fourth-order valence-electron chi connectivity index (χ4n) is 3.18. The predicted molar refractivity (Wildman–Crippen MR) is 99.3 cm³/mol. The van der Waals surface area contributed by atoms with E-state index in [-0.39, 0.29) is 0 Å². The normalized spacial score (nSPS) is 11.6. The maximum absolute atomic E-state index is 4.38. The summed E-state index contributed by atoms with van der Waals surface area (Å²) in [5, 5.41) is 0. The van der Waals surface area contributed by atoms with E-state index < -0.39 is 0 Å². The Morgan fingerprint density at radius 2 is 1.29 bits per heavy atom. The van der Waals surface area contributed by atoms with E-state index in [0.29, 0.717) is 0 Å². The van der Waals surface area contributed by atoms with Gasteiger partial charge < -0.3 is 14.0 Å². The molecule has 2 aromatic heterocycles. The molecule has 2 aromatic rings. The van der Waals surface area contributed by atoms with Gasteiger partial charge in [0.15, 0.2) is 0 Å². The van der Waals surface area contributed by atoms with Crippen LogP contribution in [0.25, 0.3) is 0 Å². The van der Waals surface area contributed by atoms with E-state index in [2.05, 4.69) is 58.9 Å². The van der Waals surface area contributed by atoms with E-state index in [1.807, 2.05) is 12.4 Å². The standard InChI is InChI=1S/C19H33N5/c1-6-11-24(12-7-9-18-14-20-16(2)22(18)4)13-8-10-19-15-21-17(3)23(19)5/h14-15H,6-13H2,1-5H3. The van der Waals surface area contributed by atoms with Gasteiger partial charge >= 0.3 is 0 Å².